The van der Waals surface area contributed by atoms with Crippen molar-refractivity contribution in [3.05, 3.63) is 138 Å². The number of benzene rings is 3. The number of rotatable bonds is 10. The number of hydrogen-bond acceptors (Lipinski definition) is 0. The standard InChI is InChI=1S/C33H38P.BrH/c1-28(2)16-14-17-29(3)18-15-19-30(4)26-27-34(31-20-8-5-9-21-31,32-22-10-6-11-23-32)33-24-12-7-13-25-33;/h5-13,15-16,18-26H,14,17,27H2,1-4H3;1H/q+1;/p-1/b19-15+,29-18-,30-26+;. The molecule has 0 amide bonds. The summed E-state index contributed by atoms with van der Waals surface area (Å²) in [7, 11) is -1.81. The van der Waals surface area contributed by atoms with Gasteiger partial charge < -0.3 is 17.0 Å². The van der Waals surface area contributed by atoms with Crippen LogP contribution in [0.1, 0.15) is 40.5 Å². The van der Waals surface area contributed by atoms with Gasteiger partial charge in [-0.1, -0.05) is 95.6 Å². The zero-order valence-corrected chi connectivity index (χ0v) is 24.0. The molecule has 0 aliphatic carbocycles. The first-order valence-electron chi connectivity index (χ1n) is 12.2. The normalized spacial score (nSPS) is 12.3. The Bertz CT molecular complexity index is 1040. The van der Waals surface area contributed by atoms with Crippen LogP contribution in [0.4, 0.5) is 0 Å². The average Bonchev–Trinajstić information content (AvgIpc) is 2.86. The molecule has 0 aliphatic heterocycles. The van der Waals surface area contributed by atoms with Gasteiger partial charge in [0.05, 0.1) is 6.16 Å². The SMILES string of the molecule is CC(C)=CCC\C(C)=C/C=C/C(C)=C/C[P+](c1ccccc1)(c1ccccc1)c1ccccc1.[Br-]. The summed E-state index contributed by atoms with van der Waals surface area (Å²) in [6, 6.07) is 33.3. The first-order chi connectivity index (χ1) is 16.5. The van der Waals surface area contributed by atoms with Gasteiger partial charge in [-0.05, 0) is 83.0 Å². The van der Waals surface area contributed by atoms with Gasteiger partial charge in [0, 0.05) is 0 Å². The van der Waals surface area contributed by atoms with Crippen LogP contribution in [0.5, 0.6) is 0 Å². The highest BCUT2D eigenvalue weighted by atomic mass is 79.9. The van der Waals surface area contributed by atoms with Crippen molar-refractivity contribution in [2.24, 2.45) is 0 Å². The van der Waals surface area contributed by atoms with Crippen LogP contribution in [0, 0.1) is 0 Å². The minimum absolute atomic E-state index is 0. The Morgan fingerprint density at radius 1 is 0.657 bits per heavy atom. The summed E-state index contributed by atoms with van der Waals surface area (Å²) in [5, 5.41) is 4.28. The first-order valence-corrected chi connectivity index (χ1v) is 14.2. The number of allylic oxidation sites excluding steroid dienone is 8. The second-order valence-electron chi connectivity index (χ2n) is 9.14. The third-order valence-corrected chi connectivity index (χ3v) is 10.4. The Balaban J connectivity index is 0.00000432. The fourth-order valence-electron chi connectivity index (χ4n) is 4.20. The minimum Gasteiger partial charge on any atom is -1.00 e. The average molecular weight is 546 g/mol. The third kappa shape index (κ3) is 8.31. The van der Waals surface area contributed by atoms with Crippen molar-refractivity contribution < 1.29 is 17.0 Å². The van der Waals surface area contributed by atoms with Crippen LogP contribution < -0.4 is 32.9 Å². The Hall–Kier alpha value is -2.47. The highest BCUT2D eigenvalue weighted by molar-refractivity contribution is 7.95. The zero-order valence-electron chi connectivity index (χ0n) is 21.5. The molecule has 0 radical (unpaired) electrons. The van der Waals surface area contributed by atoms with Crippen molar-refractivity contribution in [2.45, 2.75) is 40.5 Å². The molecule has 0 spiro atoms. The van der Waals surface area contributed by atoms with Gasteiger partial charge in [-0.25, -0.2) is 0 Å². The van der Waals surface area contributed by atoms with Gasteiger partial charge in [0.1, 0.15) is 23.2 Å². The van der Waals surface area contributed by atoms with Crippen molar-refractivity contribution in [1.29, 1.82) is 0 Å². The van der Waals surface area contributed by atoms with E-state index in [2.05, 4.69) is 149 Å². The van der Waals surface area contributed by atoms with E-state index in [1.807, 2.05) is 0 Å². The predicted octanol–water partition coefficient (Wildman–Crippen LogP) is 5.18. The monoisotopic (exact) mass is 544 g/mol. The van der Waals surface area contributed by atoms with Gasteiger partial charge in [0.2, 0.25) is 0 Å². The van der Waals surface area contributed by atoms with E-state index >= 15 is 0 Å². The fourth-order valence-corrected chi connectivity index (χ4v) is 8.33. The second kappa shape index (κ2) is 14.8. The first kappa shape index (κ1) is 28.8. The van der Waals surface area contributed by atoms with Crippen molar-refractivity contribution >= 4 is 23.2 Å². The molecule has 3 aromatic carbocycles. The summed E-state index contributed by atoms with van der Waals surface area (Å²) in [5.74, 6) is 0. The Kier molecular flexibility index (Phi) is 12.2. The third-order valence-electron chi connectivity index (χ3n) is 6.11. The van der Waals surface area contributed by atoms with E-state index in [0.717, 1.165) is 19.0 Å². The van der Waals surface area contributed by atoms with E-state index in [9.17, 15) is 0 Å². The van der Waals surface area contributed by atoms with Crippen molar-refractivity contribution in [3.63, 3.8) is 0 Å². The zero-order chi connectivity index (χ0) is 24.2. The van der Waals surface area contributed by atoms with Crippen LogP contribution in [-0.4, -0.2) is 6.16 Å². The van der Waals surface area contributed by atoms with E-state index in [0.29, 0.717) is 0 Å². The minimum atomic E-state index is -1.81. The molecule has 2 heteroatoms. The molecule has 0 saturated carbocycles. The molecule has 0 N–H and O–H groups in total. The quantitative estimate of drug-likeness (QED) is 0.187. The van der Waals surface area contributed by atoms with Crippen LogP contribution in [0.3, 0.4) is 0 Å². The smallest absolute Gasteiger partial charge is 0.115 e. The van der Waals surface area contributed by atoms with Crippen LogP contribution in [-0.2, 0) is 0 Å². The van der Waals surface area contributed by atoms with E-state index < -0.39 is 7.26 Å². The Morgan fingerprint density at radius 3 is 1.54 bits per heavy atom. The molecule has 0 aliphatic rings. The van der Waals surface area contributed by atoms with E-state index in [1.54, 1.807) is 0 Å². The van der Waals surface area contributed by atoms with Crippen LogP contribution in [0.15, 0.2) is 138 Å². The predicted molar refractivity (Wildman–Crippen MR) is 155 cm³/mol. The molecule has 0 fully saturated rings. The topological polar surface area (TPSA) is 0 Å². The van der Waals surface area contributed by atoms with E-state index in [-0.39, 0.29) is 17.0 Å². The summed E-state index contributed by atoms with van der Waals surface area (Å²) in [6.07, 6.45) is 14.7. The summed E-state index contributed by atoms with van der Waals surface area (Å²) in [4.78, 5) is 0. The molecular weight excluding hydrogens is 507 g/mol. The van der Waals surface area contributed by atoms with Gasteiger partial charge in [-0.3, -0.25) is 0 Å². The number of hydrogen-bond donors (Lipinski definition) is 0. The molecule has 3 rings (SSSR count). The van der Waals surface area contributed by atoms with Gasteiger partial charge >= 0.3 is 0 Å². The van der Waals surface area contributed by atoms with Crippen LogP contribution >= 0.6 is 7.26 Å². The Labute approximate surface area is 224 Å². The largest absolute Gasteiger partial charge is 1.00 e. The summed E-state index contributed by atoms with van der Waals surface area (Å²) < 4.78 is 0. The lowest BCUT2D eigenvalue weighted by Crippen LogP contribution is -3.00. The number of halogens is 1. The van der Waals surface area contributed by atoms with E-state index in [4.69, 9.17) is 0 Å². The molecule has 0 aromatic heterocycles. The second-order valence-corrected chi connectivity index (χ2v) is 12.7. The molecule has 0 atom stereocenters. The van der Waals surface area contributed by atoms with Gasteiger partial charge in [0.15, 0.2) is 0 Å². The lowest BCUT2D eigenvalue weighted by molar-refractivity contribution is -0.00000701. The summed E-state index contributed by atoms with van der Waals surface area (Å²) >= 11 is 0. The highest BCUT2D eigenvalue weighted by Crippen LogP contribution is 2.55. The molecule has 0 saturated heterocycles. The fraction of sp³-hybridized carbons (Fsp3) is 0.212. The molecule has 3 aromatic rings. The van der Waals surface area contributed by atoms with Gasteiger partial charge in [-0.2, -0.15) is 0 Å². The molecule has 0 unspecified atom stereocenters. The summed E-state index contributed by atoms with van der Waals surface area (Å²) in [6.45, 7) is 8.77. The maximum Gasteiger partial charge on any atom is 0.115 e. The maximum atomic E-state index is 2.43. The Morgan fingerprint density at radius 2 is 1.11 bits per heavy atom. The van der Waals surface area contributed by atoms with Crippen molar-refractivity contribution in [2.75, 3.05) is 6.16 Å². The molecule has 0 bridgehead atoms. The van der Waals surface area contributed by atoms with Crippen molar-refractivity contribution in [3.8, 4) is 0 Å². The molecular formula is C33H38BrP. The van der Waals surface area contributed by atoms with Crippen LogP contribution in [0.2, 0.25) is 0 Å². The molecule has 0 nitrogen and oxygen atoms in total. The van der Waals surface area contributed by atoms with Crippen LogP contribution in [0.25, 0.3) is 0 Å². The maximum absolute atomic E-state index is 2.43. The molecule has 182 valence electrons. The van der Waals surface area contributed by atoms with Gasteiger partial charge in [0.25, 0.3) is 0 Å². The molecule has 35 heavy (non-hydrogen) atoms. The molecule has 0 heterocycles. The lowest BCUT2D eigenvalue weighted by Gasteiger charge is -2.26. The van der Waals surface area contributed by atoms with Gasteiger partial charge in [-0.15, -0.1) is 0 Å². The summed E-state index contributed by atoms with van der Waals surface area (Å²) in [5.41, 5.74) is 4.12. The highest BCUT2D eigenvalue weighted by Gasteiger charge is 2.44. The lowest BCUT2D eigenvalue weighted by atomic mass is 10.1. The van der Waals surface area contributed by atoms with E-state index in [1.165, 1.54) is 32.6 Å². The van der Waals surface area contributed by atoms with Crippen molar-refractivity contribution in [1.82, 2.24) is 0 Å².